The summed E-state index contributed by atoms with van der Waals surface area (Å²) in [5, 5.41) is 8.28. The van der Waals surface area contributed by atoms with Gasteiger partial charge in [0.2, 0.25) is 0 Å². The molecule has 88 valence electrons. The SMILES string of the molecule is Nc1ccccc1Cc1nnc2ccccc2n1. The molecule has 0 amide bonds. The van der Waals surface area contributed by atoms with E-state index in [1.165, 1.54) is 0 Å². The Hall–Kier alpha value is -2.49. The van der Waals surface area contributed by atoms with E-state index in [1.807, 2.05) is 48.5 Å². The summed E-state index contributed by atoms with van der Waals surface area (Å²) in [6, 6.07) is 15.4. The lowest BCUT2D eigenvalue weighted by Crippen LogP contribution is -2.01. The smallest absolute Gasteiger partial charge is 0.156 e. The van der Waals surface area contributed by atoms with Crippen molar-refractivity contribution in [1.29, 1.82) is 0 Å². The maximum absolute atomic E-state index is 5.91. The molecule has 3 rings (SSSR count). The minimum absolute atomic E-state index is 0.602. The number of nitrogen functional groups attached to an aromatic ring is 1. The molecule has 0 atom stereocenters. The van der Waals surface area contributed by atoms with Gasteiger partial charge in [0.15, 0.2) is 5.82 Å². The minimum Gasteiger partial charge on any atom is -0.398 e. The predicted molar refractivity (Wildman–Crippen MR) is 71.0 cm³/mol. The van der Waals surface area contributed by atoms with Gasteiger partial charge in [-0.15, -0.1) is 10.2 Å². The second-order valence-corrected chi connectivity index (χ2v) is 4.09. The second-order valence-electron chi connectivity index (χ2n) is 4.09. The van der Waals surface area contributed by atoms with Gasteiger partial charge >= 0.3 is 0 Å². The van der Waals surface area contributed by atoms with Crippen molar-refractivity contribution in [3.63, 3.8) is 0 Å². The molecule has 3 aromatic rings. The second kappa shape index (κ2) is 4.41. The number of fused-ring (bicyclic) bond motifs is 1. The van der Waals surface area contributed by atoms with E-state index in [0.717, 1.165) is 22.3 Å². The van der Waals surface area contributed by atoms with Gasteiger partial charge in [-0.2, -0.15) is 0 Å². The first-order valence-electron chi connectivity index (χ1n) is 5.74. The van der Waals surface area contributed by atoms with Gasteiger partial charge in [-0.25, -0.2) is 4.98 Å². The molecule has 0 aliphatic heterocycles. The first-order chi connectivity index (χ1) is 8.83. The number of hydrogen-bond donors (Lipinski definition) is 1. The number of para-hydroxylation sites is 2. The summed E-state index contributed by atoms with van der Waals surface area (Å²) < 4.78 is 0. The third-order valence-electron chi connectivity index (χ3n) is 2.81. The standard InChI is InChI=1S/C14H12N4/c15-11-6-2-1-5-10(11)9-14-16-12-7-3-4-8-13(12)17-18-14/h1-8H,9,15H2. The molecule has 0 aliphatic rings. The molecule has 0 saturated heterocycles. The fourth-order valence-electron chi connectivity index (χ4n) is 1.86. The quantitative estimate of drug-likeness (QED) is 0.693. The van der Waals surface area contributed by atoms with Crippen LogP contribution in [0.2, 0.25) is 0 Å². The molecular formula is C14H12N4. The van der Waals surface area contributed by atoms with E-state index in [0.29, 0.717) is 12.2 Å². The maximum Gasteiger partial charge on any atom is 0.156 e. The van der Waals surface area contributed by atoms with Crippen LogP contribution in [0.5, 0.6) is 0 Å². The Morgan fingerprint density at radius 3 is 2.39 bits per heavy atom. The van der Waals surface area contributed by atoms with Gasteiger partial charge in [-0.1, -0.05) is 30.3 Å². The molecule has 2 aromatic carbocycles. The van der Waals surface area contributed by atoms with Gasteiger partial charge < -0.3 is 5.73 Å². The molecular weight excluding hydrogens is 224 g/mol. The number of benzene rings is 2. The number of anilines is 1. The number of hydrogen-bond acceptors (Lipinski definition) is 4. The Labute approximate surface area is 105 Å². The van der Waals surface area contributed by atoms with Gasteiger partial charge in [0.05, 0.1) is 5.52 Å². The predicted octanol–water partition coefficient (Wildman–Crippen LogP) is 2.20. The van der Waals surface area contributed by atoms with Crippen LogP contribution in [-0.2, 0) is 6.42 Å². The Bertz CT molecular complexity index is 694. The Morgan fingerprint density at radius 1 is 0.833 bits per heavy atom. The number of nitrogens with two attached hydrogens (primary N) is 1. The van der Waals surface area contributed by atoms with Crippen molar-refractivity contribution in [1.82, 2.24) is 15.2 Å². The highest BCUT2D eigenvalue weighted by atomic mass is 15.1. The highest BCUT2D eigenvalue weighted by Gasteiger charge is 2.04. The molecule has 1 aromatic heterocycles. The molecule has 0 unspecified atom stereocenters. The van der Waals surface area contributed by atoms with Gasteiger partial charge in [-0.05, 0) is 23.8 Å². The van der Waals surface area contributed by atoms with Crippen LogP contribution < -0.4 is 5.73 Å². The molecule has 0 aliphatic carbocycles. The van der Waals surface area contributed by atoms with Crippen molar-refractivity contribution < 1.29 is 0 Å². The lowest BCUT2D eigenvalue weighted by atomic mass is 10.1. The van der Waals surface area contributed by atoms with E-state index in [2.05, 4.69) is 15.2 Å². The largest absolute Gasteiger partial charge is 0.398 e. The van der Waals surface area contributed by atoms with E-state index in [4.69, 9.17) is 5.73 Å². The Kier molecular flexibility index (Phi) is 2.61. The molecule has 0 saturated carbocycles. The summed E-state index contributed by atoms with van der Waals surface area (Å²) in [6.45, 7) is 0. The normalized spacial score (nSPS) is 10.7. The first-order valence-corrected chi connectivity index (χ1v) is 5.74. The summed E-state index contributed by atoms with van der Waals surface area (Å²) in [6.07, 6.45) is 0.602. The topological polar surface area (TPSA) is 64.7 Å². The summed E-state index contributed by atoms with van der Waals surface area (Å²) in [4.78, 5) is 4.48. The van der Waals surface area contributed by atoms with Gasteiger partial charge in [-0.3, -0.25) is 0 Å². The maximum atomic E-state index is 5.91. The van der Waals surface area contributed by atoms with Crippen molar-refractivity contribution in [2.45, 2.75) is 6.42 Å². The average Bonchev–Trinajstić information content (AvgIpc) is 2.41. The molecule has 4 nitrogen and oxygen atoms in total. The van der Waals surface area contributed by atoms with Crippen LogP contribution in [0.3, 0.4) is 0 Å². The van der Waals surface area contributed by atoms with Gasteiger partial charge in [0.1, 0.15) is 5.52 Å². The summed E-state index contributed by atoms with van der Waals surface area (Å²) in [7, 11) is 0. The lowest BCUT2D eigenvalue weighted by Gasteiger charge is -2.04. The molecule has 0 fully saturated rings. The molecule has 4 heteroatoms. The van der Waals surface area contributed by atoms with Crippen LogP contribution >= 0.6 is 0 Å². The summed E-state index contributed by atoms with van der Waals surface area (Å²) in [5.41, 5.74) is 9.35. The molecule has 2 N–H and O–H groups in total. The van der Waals surface area contributed by atoms with Crippen molar-refractivity contribution >= 4 is 16.7 Å². The zero-order valence-electron chi connectivity index (χ0n) is 9.74. The minimum atomic E-state index is 0.602. The van der Waals surface area contributed by atoms with Crippen molar-refractivity contribution in [3.8, 4) is 0 Å². The number of rotatable bonds is 2. The zero-order valence-corrected chi connectivity index (χ0v) is 9.74. The summed E-state index contributed by atoms with van der Waals surface area (Å²) >= 11 is 0. The highest BCUT2D eigenvalue weighted by molar-refractivity contribution is 5.72. The van der Waals surface area contributed by atoms with E-state index < -0.39 is 0 Å². The van der Waals surface area contributed by atoms with Crippen LogP contribution in [-0.4, -0.2) is 15.2 Å². The van der Waals surface area contributed by atoms with Crippen LogP contribution in [0.25, 0.3) is 11.0 Å². The van der Waals surface area contributed by atoms with Crippen molar-refractivity contribution in [3.05, 3.63) is 59.9 Å². The zero-order chi connectivity index (χ0) is 12.4. The molecule has 0 spiro atoms. The molecule has 0 bridgehead atoms. The van der Waals surface area contributed by atoms with E-state index in [-0.39, 0.29) is 0 Å². The van der Waals surface area contributed by atoms with Crippen LogP contribution in [0, 0.1) is 0 Å². The molecule has 0 radical (unpaired) electrons. The van der Waals surface area contributed by atoms with Crippen LogP contribution in [0.15, 0.2) is 48.5 Å². The van der Waals surface area contributed by atoms with Crippen molar-refractivity contribution in [2.75, 3.05) is 5.73 Å². The number of aromatic nitrogens is 3. The van der Waals surface area contributed by atoms with E-state index in [1.54, 1.807) is 0 Å². The van der Waals surface area contributed by atoms with Crippen LogP contribution in [0.4, 0.5) is 5.69 Å². The van der Waals surface area contributed by atoms with Gasteiger partial charge in [0.25, 0.3) is 0 Å². The summed E-state index contributed by atoms with van der Waals surface area (Å²) in [5.74, 6) is 0.687. The molecule has 18 heavy (non-hydrogen) atoms. The van der Waals surface area contributed by atoms with E-state index >= 15 is 0 Å². The Morgan fingerprint density at radius 2 is 1.56 bits per heavy atom. The third-order valence-corrected chi connectivity index (χ3v) is 2.81. The first kappa shape index (κ1) is 10.7. The average molecular weight is 236 g/mol. The fraction of sp³-hybridized carbons (Fsp3) is 0.0714. The fourth-order valence-corrected chi connectivity index (χ4v) is 1.86. The van der Waals surface area contributed by atoms with Crippen molar-refractivity contribution in [2.24, 2.45) is 0 Å². The Balaban J connectivity index is 1.98. The number of nitrogens with zero attached hydrogens (tertiary/aromatic N) is 3. The third kappa shape index (κ3) is 2.00. The van der Waals surface area contributed by atoms with Gasteiger partial charge in [0, 0.05) is 12.1 Å². The van der Waals surface area contributed by atoms with Crippen LogP contribution in [0.1, 0.15) is 11.4 Å². The van der Waals surface area contributed by atoms with E-state index in [9.17, 15) is 0 Å². The molecule has 1 heterocycles. The monoisotopic (exact) mass is 236 g/mol. The highest BCUT2D eigenvalue weighted by Crippen LogP contribution is 2.14. The lowest BCUT2D eigenvalue weighted by molar-refractivity contribution is 0.901.